The number of nitrogen functional groups attached to an aromatic ring is 1. The number of hydrogen-bond donors (Lipinski definition) is 3. The van der Waals surface area contributed by atoms with Gasteiger partial charge in [-0.25, -0.2) is 0 Å². The summed E-state index contributed by atoms with van der Waals surface area (Å²) in [6.07, 6.45) is 4.33. The van der Waals surface area contributed by atoms with E-state index in [1.165, 1.54) is 11.1 Å². The van der Waals surface area contributed by atoms with Gasteiger partial charge in [0.1, 0.15) is 23.7 Å². The predicted octanol–water partition coefficient (Wildman–Crippen LogP) is 4.01. The lowest BCUT2D eigenvalue weighted by Gasteiger charge is -2.32. The van der Waals surface area contributed by atoms with Gasteiger partial charge in [-0.15, -0.1) is 0 Å². The molecule has 3 amide bonds. The maximum absolute atomic E-state index is 12.6. The average molecular weight is 577 g/mol. The van der Waals surface area contributed by atoms with Gasteiger partial charge in [-0.05, 0) is 100 Å². The highest BCUT2D eigenvalue weighted by Crippen LogP contribution is 2.36. The fourth-order valence-corrected chi connectivity index (χ4v) is 5.92. The first-order valence-corrected chi connectivity index (χ1v) is 14.7. The molecule has 42 heavy (non-hydrogen) atoms. The number of aryl methyl sites for hydroxylation is 1. The Hall–Kier alpha value is -4.05. The van der Waals surface area contributed by atoms with E-state index in [-0.39, 0.29) is 23.8 Å². The second-order valence-corrected chi connectivity index (χ2v) is 11.5. The van der Waals surface area contributed by atoms with E-state index < -0.39 is 5.92 Å². The number of nitrogens with zero attached hydrogens (tertiary/aromatic N) is 1. The first-order valence-electron chi connectivity index (χ1n) is 14.7. The van der Waals surface area contributed by atoms with Crippen molar-refractivity contribution in [2.24, 2.45) is 0 Å². The SMILES string of the molecule is Cc1cc(N)c(OC(C)C)cc1C1CCN(CC(=O)NCCOc2ccc3occ(C4CCC(=O)NC4=O)c3c2)CC1. The molecule has 0 bridgehead atoms. The number of anilines is 1. The molecule has 2 fully saturated rings. The molecule has 3 aromatic rings. The number of ether oxygens (including phenoxy) is 2. The minimum Gasteiger partial charge on any atom is -0.492 e. The molecular weight excluding hydrogens is 536 g/mol. The number of nitrogens with one attached hydrogen (secondary N) is 2. The van der Waals surface area contributed by atoms with Crippen molar-refractivity contribution in [3.8, 4) is 11.5 Å². The zero-order valence-corrected chi connectivity index (χ0v) is 24.5. The van der Waals surface area contributed by atoms with Gasteiger partial charge in [0.2, 0.25) is 17.7 Å². The van der Waals surface area contributed by atoms with Crippen LogP contribution in [0.1, 0.15) is 68.1 Å². The van der Waals surface area contributed by atoms with E-state index in [4.69, 9.17) is 19.6 Å². The van der Waals surface area contributed by atoms with E-state index in [0.29, 0.717) is 55.5 Å². The number of likely N-dealkylation sites (tertiary alicyclic amines) is 1. The number of amides is 3. The van der Waals surface area contributed by atoms with E-state index >= 15 is 0 Å². The summed E-state index contributed by atoms with van der Waals surface area (Å²) in [6.45, 7) is 8.82. The van der Waals surface area contributed by atoms with Crippen molar-refractivity contribution in [3.63, 3.8) is 0 Å². The second kappa shape index (κ2) is 12.9. The minimum atomic E-state index is -0.435. The normalized spacial score (nSPS) is 18.3. The van der Waals surface area contributed by atoms with Crippen LogP contribution in [0.3, 0.4) is 0 Å². The summed E-state index contributed by atoms with van der Waals surface area (Å²) >= 11 is 0. The number of carbonyl (C=O) groups excluding carboxylic acids is 3. The Morgan fingerprint density at radius 1 is 1.14 bits per heavy atom. The van der Waals surface area contributed by atoms with E-state index in [9.17, 15) is 14.4 Å². The zero-order chi connectivity index (χ0) is 29.8. The molecule has 1 atom stereocenters. The highest BCUT2D eigenvalue weighted by atomic mass is 16.5. The van der Waals surface area contributed by atoms with Crippen molar-refractivity contribution >= 4 is 34.4 Å². The number of fused-ring (bicyclic) bond motifs is 1. The summed E-state index contributed by atoms with van der Waals surface area (Å²) in [7, 11) is 0. The zero-order valence-electron chi connectivity index (χ0n) is 24.5. The Kier molecular flexibility index (Phi) is 9.01. The number of piperidine rings is 2. The van der Waals surface area contributed by atoms with Gasteiger partial charge in [-0.1, -0.05) is 0 Å². The molecule has 4 N–H and O–H groups in total. The van der Waals surface area contributed by atoms with Crippen LogP contribution in [-0.2, 0) is 14.4 Å². The summed E-state index contributed by atoms with van der Waals surface area (Å²) in [4.78, 5) is 38.7. The van der Waals surface area contributed by atoms with Crippen molar-refractivity contribution in [1.29, 1.82) is 0 Å². The lowest BCUT2D eigenvalue weighted by atomic mass is 9.86. The summed E-state index contributed by atoms with van der Waals surface area (Å²) in [5.74, 6) is 0.754. The van der Waals surface area contributed by atoms with Crippen LogP contribution in [0.5, 0.6) is 11.5 Å². The van der Waals surface area contributed by atoms with Crippen LogP contribution in [0.15, 0.2) is 41.0 Å². The number of hydrogen-bond acceptors (Lipinski definition) is 8. The fraction of sp³-hybridized carbons (Fsp3) is 0.469. The van der Waals surface area contributed by atoms with Crippen LogP contribution in [0.4, 0.5) is 5.69 Å². The molecule has 2 aromatic carbocycles. The monoisotopic (exact) mass is 576 g/mol. The average Bonchev–Trinajstić information content (AvgIpc) is 3.36. The van der Waals surface area contributed by atoms with Gasteiger partial charge in [0, 0.05) is 17.4 Å². The van der Waals surface area contributed by atoms with Crippen LogP contribution in [-0.4, -0.2) is 61.5 Å². The Morgan fingerprint density at radius 3 is 2.67 bits per heavy atom. The van der Waals surface area contributed by atoms with Crippen molar-refractivity contribution in [2.45, 2.75) is 64.4 Å². The highest BCUT2D eigenvalue weighted by molar-refractivity contribution is 6.02. The Bertz CT molecular complexity index is 1460. The summed E-state index contributed by atoms with van der Waals surface area (Å²) in [5.41, 5.74) is 10.7. The molecule has 2 saturated heterocycles. The Morgan fingerprint density at radius 2 is 1.93 bits per heavy atom. The van der Waals surface area contributed by atoms with E-state index in [1.807, 2.05) is 26.0 Å². The molecule has 1 unspecified atom stereocenters. The number of rotatable bonds is 10. The molecule has 0 spiro atoms. The molecule has 1 aromatic heterocycles. The molecule has 2 aliphatic heterocycles. The third kappa shape index (κ3) is 6.87. The Labute approximate surface area is 245 Å². The van der Waals surface area contributed by atoms with Crippen LogP contribution in [0, 0.1) is 6.92 Å². The summed E-state index contributed by atoms with van der Waals surface area (Å²) in [5, 5.41) is 6.13. The molecule has 10 nitrogen and oxygen atoms in total. The quantitative estimate of drug-likeness (QED) is 0.187. The van der Waals surface area contributed by atoms with E-state index in [0.717, 1.165) is 42.6 Å². The van der Waals surface area contributed by atoms with Gasteiger partial charge < -0.3 is 24.9 Å². The van der Waals surface area contributed by atoms with Crippen LogP contribution >= 0.6 is 0 Å². The van der Waals surface area contributed by atoms with Crippen LogP contribution in [0.25, 0.3) is 11.0 Å². The summed E-state index contributed by atoms with van der Waals surface area (Å²) < 4.78 is 17.4. The van der Waals surface area contributed by atoms with Gasteiger partial charge >= 0.3 is 0 Å². The van der Waals surface area contributed by atoms with Gasteiger partial charge in [-0.3, -0.25) is 24.6 Å². The van der Waals surface area contributed by atoms with E-state index in [1.54, 1.807) is 18.4 Å². The molecule has 0 radical (unpaired) electrons. The van der Waals surface area contributed by atoms with Gasteiger partial charge in [0.05, 0.1) is 37.1 Å². The molecule has 224 valence electrons. The molecular formula is C32H40N4O6. The van der Waals surface area contributed by atoms with E-state index in [2.05, 4.69) is 28.5 Å². The molecule has 3 heterocycles. The first kappa shape index (κ1) is 29.4. The van der Waals surface area contributed by atoms with Gasteiger partial charge in [0.15, 0.2) is 0 Å². The third-order valence-corrected chi connectivity index (χ3v) is 8.04. The number of imide groups is 1. The molecule has 10 heteroatoms. The smallest absolute Gasteiger partial charge is 0.234 e. The van der Waals surface area contributed by atoms with Crippen molar-refractivity contribution in [2.75, 3.05) is 38.5 Å². The summed E-state index contributed by atoms with van der Waals surface area (Å²) in [6, 6.07) is 9.53. The minimum absolute atomic E-state index is 0.0289. The second-order valence-electron chi connectivity index (χ2n) is 11.5. The highest BCUT2D eigenvalue weighted by Gasteiger charge is 2.30. The first-order chi connectivity index (χ1) is 20.2. The van der Waals surface area contributed by atoms with Crippen LogP contribution < -0.4 is 25.8 Å². The maximum atomic E-state index is 12.6. The Balaban J connectivity index is 1.07. The standard InChI is InChI=1S/C32H40N4O6/c1-19(2)42-29-16-24(20(3)14-27(29)33)21-8-11-36(12-9-21)17-31(38)34-10-13-40-22-4-6-28-25(15-22)26(18-41-28)23-5-7-30(37)35-32(23)39/h4,6,14-16,18-19,21,23H,5,7-13,17,33H2,1-3H3,(H,34,38)(H,35,37,39). The largest absolute Gasteiger partial charge is 0.492 e. The molecule has 5 rings (SSSR count). The lowest BCUT2D eigenvalue weighted by molar-refractivity contribution is -0.134. The number of benzene rings is 2. The number of carbonyl (C=O) groups is 3. The van der Waals surface area contributed by atoms with Crippen molar-refractivity contribution < 1.29 is 28.3 Å². The molecule has 2 aliphatic rings. The topological polar surface area (TPSA) is 136 Å². The molecule has 0 aliphatic carbocycles. The third-order valence-electron chi connectivity index (χ3n) is 8.04. The number of furan rings is 1. The van der Waals surface area contributed by atoms with Crippen molar-refractivity contribution in [1.82, 2.24) is 15.5 Å². The fourth-order valence-electron chi connectivity index (χ4n) is 5.92. The van der Waals surface area contributed by atoms with Crippen LogP contribution in [0.2, 0.25) is 0 Å². The van der Waals surface area contributed by atoms with Gasteiger partial charge in [-0.2, -0.15) is 0 Å². The molecule has 0 saturated carbocycles. The number of nitrogens with two attached hydrogens (primary N) is 1. The van der Waals surface area contributed by atoms with Gasteiger partial charge in [0.25, 0.3) is 0 Å². The van der Waals surface area contributed by atoms with Crippen molar-refractivity contribution in [3.05, 3.63) is 53.3 Å². The predicted molar refractivity (Wildman–Crippen MR) is 160 cm³/mol. The maximum Gasteiger partial charge on any atom is 0.234 e. The lowest BCUT2D eigenvalue weighted by Crippen LogP contribution is -2.42.